The molecule has 0 aliphatic rings. The molecule has 0 fully saturated rings. The van der Waals surface area contributed by atoms with E-state index in [1.807, 2.05) is 13.8 Å². The van der Waals surface area contributed by atoms with Crippen molar-refractivity contribution in [3.63, 3.8) is 0 Å². The van der Waals surface area contributed by atoms with Crippen LogP contribution in [-0.2, 0) is 0 Å². The molecule has 1 unspecified atom stereocenters. The Hall–Kier alpha value is -1.62. The topological polar surface area (TPSA) is 52.6 Å². The van der Waals surface area contributed by atoms with Crippen LogP contribution in [0.5, 0.6) is 0 Å². The zero-order valence-corrected chi connectivity index (χ0v) is 11.8. The summed E-state index contributed by atoms with van der Waals surface area (Å²) < 4.78 is 13.2. The van der Waals surface area contributed by atoms with Crippen LogP contribution in [0.15, 0.2) is 18.2 Å². The number of aryl methyl sites for hydroxylation is 1. The minimum Gasteiger partial charge on any atom is -0.392 e. The van der Waals surface area contributed by atoms with E-state index in [0.717, 1.165) is 5.56 Å². The molecule has 0 heterocycles. The lowest BCUT2D eigenvalue weighted by Gasteiger charge is -2.28. The van der Waals surface area contributed by atoms with Crippen molar-refractivity contribution < 1.29 is 14.3 Å². The van der Waals surface area contributed by atoms with Gasteiger partial charge in [-0.25, -0.2) is 9.18 Å². The molecule has 2 N–H and O–H groups in total. The molecule has 2 amide bonds. The summed E-state index contributed by atoms with van der Waals surface area (Å²) in [6.07, 6.45) is -0.609. The van der Waals surface area contributed by atoms with Gasteiger partial charge in [0.25, 0.3) is 0 Å². The standard InChI is InChI=1S/C14H21FN2O2/c1-9(2)17(8-11(4)18)14(19)16-13-6-10(3)5-12(15)7-13/h5-7,9,11,18H,8H2,1-4H3,(H,16,19). The molecule has 0 aromatic heterocycles. The number of urea groups is 1. The van der Waals surface area contributed by atoms with E-state index in [9.17, 15) is 14.3 Å². The van der Waals surface area contributed by atoms with Gasteiger partial charge in [0.2, 0.25) is 0 Å². The van der Waals surface area contributed by atoms with E-state index >= 15 is 0 Å². The molecular formula is C14H21FN2O2. The van der Waals surface area contributed by atoms with Crippen molar-refractivity contribution in [3.8, 4) is 0 Å². The number of amides is 2. The van der Waals surface area contributed by atoms with E-state index in [1.54, 1.807) is 19.9 Å². The van der Waals surface area contributed by atoms with Crippen molar-refractivity contribution in [1.82, 2.24) is 4.90 Å². The average molecular weight is 268 g/mol. The number of aliphatic hydroxyl groups is 1. The number of aliphatic hydroxyl groups excluding tert-OH is 1. The van der Waals surface area contributed by atoms with E-state index in [1.165, 1.54) is 17.0 Å². The number of carbonyl (C=O) groups is 1. The van der Waals surface area contributed by atoms with Crippen molar-refractivity contribution in [2.45, 2.75) is 39.8 Å². The molecule has 5 heteroatoms. The molecule has 0 spiro atoms. The highest BCUT2D eigenvalue weighted by molar-refractivity contribution is 5.89. The van der Waals surface area contributed by atoms with Crippen LogP contribution in [0.25, 0.3) is 0 Å². The van der Waals surface area contributed by atoms with Crippen molar-refractivity contribution in [3.05, 3.63) is 29.6 Å². The molecule has 0 radical (unpaired) electrons. The van der Waals surface area contributed by atoms with Crippen molar-refractivity contribution in [1.29, 1.82) is 0 Å². The molecule has 0 saturated heterocycles. The summed E-state index contributed by atoms with van der Waals surface area (Å²) in [7, 11) is 0. The fourth-order valence-corrected chi connectivity index (χ4v) is 1.82. The molecule has 0 bridgehead atoms. The first kappa shape index (κ1) is 15.4. The number of nitrogens with one attached hydrogen (secondary N) is 1. The normalized spacial score (nSPS) is 12.4. The van der Waals surface area contributed by atoms with Crippen LogP contribution in [-0.4, -0.2) is 34.7 Å². The van der Waals surface area contributed by atoms with Crippen LogP contribution in [0.3, 0.4) is 0 Å². The number of nitrogens with zero attached hydrogens (tertiary/aromatic N) is 1. The maximum atomic E-state index is 13.2. The smallest absolute Gasteiger partial charge is 0.322 e. The maximum absolute atomic E-state index is 13.2. The van der Waals surface area contributed by atoms with Gasteiger partial charge in [-0.05, 0) is 51.5 Å². The van der Waals surface area contributed by atoms with Gasteiger partial charge in [0.1, 0.15) is 5.82 Å². The Morgan fingerprint density at radius 3 is 2.47 bits per heavy atom. The summed E-state index contributed by atoms with van der Waals surface area (Å²) in [6, 6.07) is 3.96. The second-order valence-electron chi connectivity index (χ2n) is 5.04. The van der Waals surface area contributed by atoms with Gasteiger partial charge < -0.3 is 15.3 Å². The number of carbonyl (C=O) groups excluding carboxylic acids is 1. The molecule has 0 saturated carbocycles. The molecule has 4 nitrogen and oxygen atoms in total. The zero-order valence-electron chi connectivity index (χ0n) is 11.8. The number of benzene rings is 1. The summed E-state index contributed by atoms with van der Waals surface area (Å²) in [6.45, 7) is 7.33. The first-order valence-corrected chi connectivity index (χ1v) is 6.32. The Bertz CT molecular complexity index is 427. The van der Waals surface area contributed by atoms with Crippen LogP contribution in [0.2, 0.25) is 0 Å². The van der Waals surface area contributed by atoms with Gasteiger partial charge in [0.15, 0.2) is 0 Å². The summed E-state index contributed by atoms with van der Waals surface area (Å²) in [5, 5.41) is 12.0. The molecule has 106 valence electrons. The quantitative estimate of drug-likeness (QED) is 0.882. The Morgan fingerprint density at radius 2 is 2.00 bits per heavy atom. The van der Waals surface area contributed by atoms with Gasteiger partial charge in [-0.3, -0.25) is 0 Å². The first-order valence-electron chi connectivity index (χ1n) is 6.32. The molecule has 1 aromatic rings. The van der Waals surface area contributed by atoms with Crippen LogP contribution < -0.4 is 5.32 Å². The van der Waals surface area contributed by atoms with Crippen LogP contribution >= 0.6 is 0 Å². The molecule has 1 atom stereocenters. The van der Waals surface area contributed by atoms with Gasteiger partial charge in [0.05, 0.1) is 6.10 Å². The van der Waals surface area contributed by atoms with E-state index in [4.69, 9.17) is 0 Å². The first-order chi connectivity index (χ1) is 8.79. The maximum Gasteiger partial charge on any atom is 0.322 e. The molecule has 1 rings (SSSR count). The Balaban J connectivity index is 2.81. The number of hydrogen-bond donors (Lipinski definition) is 2. The van der Waals surface area contributed by atoms with Crippen molar-refractivity contribution >= 4 is 11.7 Å². The number of hydrogen-bond acceptors (Lipinski definition) is 2. The lowest BCUT2D eigenvalue weighted by atomic mass is 10.2. The minimum absolute atomic E-state index is 0.0516. The molecule has 0 aliphatic carbocycles. The van der Waals surface area contributed by atoms with Gasteiger partial charge in [0, 0.05) is 18.3 Å². The second kappa shape index (κ2) is 6.52. The lowest BCUT2D eigenvalue weighted by Crippen LogP contribution is -2.43. The van der Waals surface area contributed by atoms with Crippen LogP contribution in [0, 0.1) is 12.7 Å². The second-order valence-corrected chi connectivity index (χ2v) is 5.04. The minimum atomic E-state index is -0.609. The Morgan fingerprint density at radius 1 is 1.37 bits per heavy atom. The highest BCUT2D eigenvalue weighted by Crippen LogP contribution is 2.14. The molecule has 1 aromatic carbocycles. The van der Waals surface area contributed by atoms with Crippen molar-refractivity contribution in [2.24, 2.45) is 0 Å². The summed E-state index contributed by atoms with van der Waals surface area (Å²) in [4.78, 5) is 13.6. The number of rotatable bonds is 4. The summed E-state index contributed by atoms with van der Waals surface area (Å²) in [5.41, 5.74) is 1.15. The third-order valence-electron chi connectivity index (χ3n) is 2.64. The number of anilines is 1. The third-order valence-corrected chi connectivity index (χ3v) is 2.64. The third kappa shape index (κ3) is 4.87. The van der Waals surface area contributed by atoms with Crippen molar-refractivity contribution in [2.75, 3.05) is 11.9 Å². The fraction of sp³-hybridized carbons (Fsp3) is 0.500. The monoisotopic (exact) mass is 268 g/mol. The SMILES string of the molecule is Cc1cc(F)cc(NC(=O)N(CC(C)O)C(C)C)c1. The van der Waals surface area contributed by atoms with Gasteiger partial charge >= 0.3 is 6.03 Å². The van der Waals surface area contributed by atoms with Crippen LogP contribution in [0.4, 0.5) is 14.9 Å². The van der Waals surface area contributed by atoms with Gasteiger partial charge in [-0.1, -0.05) is 0 Å². The van der Waals surface area contributed by atoms with E-state index in [-0.39, 0.29) is 24.4 Å². The lowest BCUT2D eigenvalue weighted by molar-refractivity contribution is 0.125. The molecular weight excluding hydrogens is 247 g/mol. The fourth-order valence-electron chi connectivity index (χ4n) is 1.82. The average Bonchev–Trinajstić information content (AvgIpc) is 2.23. The predicted molar refractivity (Wildman–Crippen MR) is 73.7 cm³/mol. The highest BCUT2D eigenvalue weighted by Gasteiger charge is 2.18. The largest absolute Gasteiger partial charge is 0.392 e. The van der Waals surface area contributed by atoms with Crippen LogP contribution in [0.1, 0.15) is 26.3 Å². The molecule has 0 aliphatic heterocycles. The Kier molecular flexibility index (Phi) is 5.30. The van der Waals surface area contributed by atoms with E-state index in [2.05, 4.69) is 5.32 Å². The summed E-state index contributed by atoms with van der Waals surface area (Å²) in [5.74, 6) is -0.387. The Labute approximate surface area is 113 Å². The van der Waals surface area contributed by atoms with E-state index < -0.39 is 6.10 Å². The highest BCUT2D eigenvalue weighted by atomic mass is 19.1. The van der Waals surface area contributed by atoms with Gasteiger partial charge in [-0.2, -0.15) is 0 Å². The number of halogens is 1. The summed E-state index contributed by atoms with van der Waals surface area (Å²) >= 11 is 0. The van der Waals surface area contributed by atoms with Gasteiger partial charge in [-0.15, -0.1) is 0 Å². The molecule has 19 heavy (non-hydrogen) atoms. The van der Waals surface area contributed by atoms with E-state index in [0.29, 0.717) is 5.69 Å². The predicted octanol–water partition coefficient (Wildman–Crippen LogP) is 2.76. The zero-order chi connectivity index (χ0) is 14.6.